The number of fused-ring (bicyclic) bond motifs is 2. The van der Waals surface area contributed by atoms with E-state index in [0.717, 1.165) is 5.56 Å². The number of benzene rings is 3. The van der Waals surface area contributed by atoms with Crippen molar-refractivity contribution in [3.63, 3.8) is 0 Å². The number of aromatic nitrogens is 1. The lowest BCUT2D eigenvalue weighted by Crippen LogP contribution is -2.31. The van der Waals surface area contributed by atoms with E-state index in [1.807, 2.05) is 49.3 Å². The van der Waals surface area contributed by atoms with Gasteiger partial charge >= 0.3 is 0 Å². The van der Waals surface area contributed by atoms with Crippen molar-refractivity contribution in [2.45, 2.75) is 6.54 Å². The van der Waals surface area contributed by atoms with Crippen LogP contribution in [0.2, 0.25) is 0 Å². The molecule has 34 heavy (non-hydrogen) atoms. The summed E-state index contributed by atoms with van der Waals surface area (Å²) < 4.78 is 0. The lowest BCUT2D eigenvalue weighted by Gasteiger charge is -2.15. The first-order chi connectivity index (χ1) is 16.4. The predicted octanol–water partition coefficient (Wildman–Crippen LogP) is 3.49. The van der Waals surface area contributed by atoms with Crippen molar-refractivity contribution in [3.8, 4) is 0 Å². The zero-order chi connectivity index (χ0) is 24.2. The second-order valence-corrected chi connectivity index (χ2v) is 8.22. The van der Waals surface area contributed by atoms with Gasteiger partial charge in [-0.3, -0.25) is 19.7 Å². The van der Waals surface area contributed by atoms with Gasteiger partial charge in [-0.05, 0) is 37.9 Å². The summed E-state index contributed by atoms with van der Waals surface area (Å²) in [5.41, 5.74) is 1.55. The van der Waals surface area contributed by atoms with Gasteiger partial charge in [-0.15, -0.1) is 0 Å². The molecule has 1 amide bonds. The highest BCUT2D eigenvalue weighted by Crippen LogP contribution is 2.29. The fourth-order valence-electron chi connectivity index (χ4n) is 3.86. The van der Waals surface area contributed by atoms with Crippen LogP contribution in [0.25, 0.3) is 21.8 Å². The molecule has 0 saturated heterocycles. The first-order valence-electron chi connectivity index (χ1n) is 10.8. The van der Waals surface area contributed by atoms with Gasteiger partial charge in [0.25, 0.3) is 11.6 Å². The number of nitrogens with zero attached hydrogens (tertiary/aromatic N) is 2. The van der Waals surface area contributed by atoms with E-state index in [1.165, 1.54) is 12.1 Å². The third kappa shape index (κ3) is 4.60. The number of hydrogen-bond acceptors (Lipinski definition) is 6. The number of anilines is 1. The van der Waals surface area contributed by atoms with Gasteiger partial charge in [0.15, 0.2) is 5.43 Å². The largest absolute Gasteiger partial charge is 0.380 e. The number of nitro benzene ring substituents is 1. The van der Waals surface area contributed by atoms with Crippen molar-refractivity contribution in [1.29, 1.82) is 0 Å². The van der Waals surface area contributed by atoms with Gasteiger partial charge in [0.1, 0.15) is 5.52 Å². The summed E-state index contributed by atoms with van der Waals surface area (Å²) in [5, 5.41) is 18.2. The van der Waals surface area contributed by atoms with Crippen molar-refractivity contribution in [1.82, 2.24) is 15.2 Å². The van der Waals surface area contributed by atoms with Crippen molar-refractivity contribution >= 4 is 39.1 Å². The molecule has 3 N–H and O–H groups in total. The number of hydrogen-bond donors (Lipinski definition) is 3. The number of H-pyrrole nitrogens is 1. The monoisotopic (exact) mass is 459 g/mol. The number of para-hydroxylation sites is 1. The summed E-state index contributed by atoms with van der Waals surface area (Å²) in [6.07, 6.45) is 0. The van der Waals surface area contributed by atoms with Crippen LogP contribution in [0.1, 0.15) is 15.9 Å². The smallest absolute Gasteiger partial charge is 0.293 e. The van der Waals surface area contributed by atoms with E-state index in [0.29, 0.717) is 25.3 Å². The quantitative estimate of drug-likeness (QED) is 0.211. The maximum atomic E-state index is 13.6. The van der Waals surface area contributed by atoms with Crippen molar-refractivity contribution in [3.05, 3.63) is 92.1 Å². The molecular formula is C25H25N5O4. The average molecular weight is 460 g/mol. The molecule has 0 aliphatic rings. The fourth-order valence-corrected chi connectivity index (χ4v) is 3.86. The van der Waals surface area contributed by atoms with Gasteiger partial charge in [0.05, 0.1) is 26.8 Å². The topological polar surface area (TPSA) is 120 Å². The van der Waals surface area contributed by atoms with E-state index >= 15 is 0 Å². The Balaban J connectivity index is 1.88. The number of rotatable bonds is 8. The number of carbonyl (C=O) groups is 1. The van der Waals surface area contributed by atoms with Gasteiger partial charge in [-0.2, -0.15) is 0 Å². The summed E-state index contributed by atoms with van der Waals surface area (Å²) in [5.74, 6) is -0.366. The fraction of sp³-hybridized carbons (Fsp3) is 0.200. The minimum atomic E-state index is -0.543. The molecule has 3 aromatic carbocycles. The molecule has 4 aromatic rings. The molecule has 9 nitrogen and oxygen atoms in total. The number of aromatic amines is 1. The highest BCUT2D eigenvalue weighted by Gasteiger charge is 2.21. The maximum absolute atomic E-state index is 13.6. The summed E-state index contributed by atoms with van der Waals surface area (Å²) in [6.45, 7) is 1.53. The van der Waals surface area contributed by atoms with Crippen LogP contribution < -0.4 is 16.1 Å². The van der Waals surface area contributed by atoms with Crippen molar-refractivity contribution in [2.75, 3.05) is 32.5 Å². The normalized spacial score (nSPS) is 11.1. The number of carbonyl (C=O) groups excluding carboxylic acids is 1. The van der Waals surface area contributed by atoms with E-state index in [1.54, 1.807) is 18.2 Å². The Morgan fingerprint density at radius 1 is 1.03 bits per heavy atom. The van der Waals surface area contributed by atoms with Crippen molar-refractivity contribution < 1.29 is 9.72 Å². The molecule has 0 bridgehead atoms. The molecule has 1 heterocycles. The van der Waals surface area contributed by atoms with Crippen LogP contribution in [0.3, 0.4) is 0 Å². The summed E-state index contributed by atoms with van der Waals surface area (Å²) in [6, 6.07) is 17.4. The van der Waals surface area contributed by atoms with Crippen LogP contribution in [0.4, 0.5) is 11.4 Å². The van der Waals surface area contributed by atoms with Gasteiger partial charge < -0.3 is 20.5 Å². The van der Waals surface area contributed by atoms with E-state index in [2.05, 4.69) is 15.6 Å². The van der Waals surface area contributed by atoms with Gasteiger partial charge in [0, 0.05) is 31.4 Å². The highest BCUT2D eigenvalue weighted by molar-refractivity contribution is 6.11. The Bertz CT molecular complexity index is 1430. The molecule has 0 spiro atoms. The first-order valence-corrected chi connectivity index (χ1v) is 10.8. The van der Waals surface area contributed by atoms with E-state index < -0.39 is 4.92 Å². The second kappa shape index (κ2) is 9.72. The number of pyridine rings is 1. The maximum Gasteiger partial charge on any atom is 0.293 e. The first kappa shape index (κ1) is 22.9. The Morgan fingerprint density at radius 2 is 1.79 bits per heavy atom. The number of non-ortho nitro benzene ring substituents is 1. The van der Waals surface area contributed by atoms with Crippen molar-refractivity contribution in [2.24, 2.45) is 0 Å². The minimum absolute atomic E-state index is 0.0903. The third-order valence-electron chi connectivity index (χ3n) is 5.58. The van der Waals surface area contributed by atoms with Crippen LogP contribution in [-0.2, 0) is 6.54 Å². The summed E-state index contributed by atoms with van der Waals surface area (Å²) >= 11 is 0. The highest BCUT2D eigenvalue weighted by atomic mass is 16.6. The molecular weight excluding hydrogens is 434 g/mol. The van der Waals surface area contributed by atoms with Crippen LogP contribution in [0.15, 0.2) is 65.5 Å². The number of likely N-dealkylation sites (N-methyl/N-ethyl adjacent to an activating group) is 1. The third-order valence-corrected chi connectivity index (χ3v) is 5.58. The SMILES string of the molecule is CN(C)CCNC(=O)c1ccc(NCc2ccccc2)c2c(=O)c3cccc([N+](=O)[O-])c3[nH]c12. The molecule has 0 saturated carbocycles. The van der Waals surface area contributed by atoms with E-state index in [4.69, 9.17) is 0 Å². The van der Waals surface area contributed by atoms with Crippen LogP contribution >= 0.6 is 0 Å². The zero-order valence-electron chi connectivity index (χ0n) is 18.9. The van der Waals surface area contributed by atoms with Crippen LogP contribution in [-0.4, -0.2) is 47.9 Å². The predicted molar refractivity (Wildman–Crippen MR) is 133 cm³/mol. The Labute approximate surface area is 195 Å². The molecule has 9 heteroatoms. The Morgan fingerprint density at radius 3 is 2.50 bits per heavy atom. The lowest BCUT2D eigenvalue weighted by molar-refractivity contribution is -0.383. The summed E-state index contributed by atoms with van der Waals surface area (Å²) in [4.78, 5) is 42.6. The molecule has 0 unspecified atom stereocenters. The molecule has 0 radical (unpaired) electrons. The van der Waals surface area contributed by atoms with Crippen LogP contribution in [0, 0.1) is 10.1 Å². The number of nitrogens with one attached hydrogen (secondary N) is 3. The van der Waals surface area contributed by atoms with Gasteiger partial charge in [-0.25, -0.2) is 0 Å². The lowest BCUT2D eigenvalue weighted by atomic mass is 10.0. The van der Waals surface area contributed by atoms with E-state index in [9.17, 15) is 19.7 Å². The van der Waals surface area contributed by atoms with Crippen LogP contribution in [0.5, 0.6) is 0 Å². The van der Waals surface area contributed by atoms with E-state index in [-0.39, 0.29) is 44.4 Å². The molecule has 4 rings (SSSR count). The molecule has 1 aromatic heterocycles. The Hall–Kier alpha value is -4.24. The standard InChI is InChI=1S/C25H25N5O4/c1-29(2)14-13-26-25(32)18-11-12-19(27-15-16-7-4-3-5-8-16)21-23(18)28-22-17(24(21)31)9-6-10-20(22)30(33)34/h3-12,27H,13-15H2,1-2H3,(H,26,32)(H,28,31). The molecule has 0 fully saturated rings. The summed E-state index contributed by atoms with van der Waals surface area (Å²) in [7, 11) is 3.80. The average Bonchev–Trinajstić information content (AvgIpc) is 2.82. The second-order valence-electron chi connectivity index (χ2n) is 8.22. The van der Waals surface area contributed by atoms with Gasteiger partial charge in [0.2, 0.25) is 0 Å². The number of amides is 1. The molecule has 0 aliphatic carbocycles. The molecule has 0 aliphatic heterocycles. The minimum Gasteiger partial charge on any atom is -0.380 e. The number of nitro groups is 1. The molecule has 174 valence electrons. The van der Waals surface area contributed by atoms with Gasteiger partial charge in [-0.1, -0.05) is 36.4 Å². The Kier molecular flexibility index (Phi) is 6.55. The zero-order valence-corrected chi connectivity index (χ0v) is 18.9. The molecule has 0 atom stereocenters.